The van der Waals surface area contributed by atoms with Gasteiger partial charge in [0, 0.05) is 12.8 Å². The van der Waals surface area contributed by atoms with E-state index in [1.165, 1.54) is 141 Å². The van der Waals surface area contributed by atoms with E-state index >= 15 is 0 Å². The van der Waals surface area contributed by atoms with E-state index in [2.05, 4.69) is 43.5 Å². The fourth-order valence-electron chi connectivity index (χ4n) is 6.96. The van der Waals surface area contributed by atoms with Gasteiger partial charge in [-0.2, -0.15) is 0 Å². The fourth-order valence-corrected chi connectivity index (χ4v) is 6.96. The molecule has 0 aromatic heterocycles. The molecule has 0 rings (SSSR count). The van der Waals surface area contributed by atoms with Crippen LogP contribution in [0.4, 0.5) is 0 Å². The second-order valence-corrected chi connectivity index (χ2v) is 15.7. The van der Waals surface area contributed by atoms with E-state index in [0.717, 1.165) is 77.0 Å². The Morgan fingerprint density at radius 1 is 0.491 bits per heavy atom. The summed E-state index contributed by atoms with van der Waals surface area (Å²) in [6, 6.07) is 0. The zero-order valence-corrected chi connectivity index (χ0v) is 35.1. The molecule has 0 saturated carbocycles. The van der Waals surface area contributed by atoms with E-state index in [0.29, 0.717) is 12.8 Å². The van der Waals surface area contributed by atoms with E-state index in [1.54, 1.807) is 0 Å². The average Bonchev–Trinajstić information content (AvgIpc) is 3.14. The smallest absolute Gasteiger partial charge is 0.322 e. The third-order valence-corrected chi connectivity index (χ3v) is 10.4. The van der Waals surface area contributed by atoms with E-state index in [4.69, 9.17) is 9.84 Å². The maximum Gasteiger partial charge on any atom is 0.322 e. The van der Waals surface area contributed by atoms with Crippen molar-refractivity contribution in [2.45, 2.75) is 251 Å². The minimum absolute atomic E-state index is 0.0127. The monoisotopic (exact) mass is 746 g/mol. The lowest BCUT2D eigenvalue weighted by Gasteiger charge is -2.18. The van der Waals surface area contributed by atoms with Gasteiger partial charge in [-0.15, -0.1) is 0 Å². The van der Waals surface area contributed by atoms with Crippen LogP contribution < -0.4 is 5.32 Å². The molecule has 0 aliphatic heterocycles. The van der Waals surface area contributed by atoms with Crippen molar-refractivity contribution in [2.24, 2.45) is 0 Å². The quantitative estimate of drug-likeness (QED) is 0.0369. The second kappa shape index (κ2) is 42.6. The molecule has 1 atom stereocenters. The molecule has 1 unspecified atom stereocenters. The molecule has 6 nitrogen and oxygen atoms in total. The zero-order valence-electron chi connectivity index (χ0n) is 35.1. The van der Waals surface area contributed by atoms with Crippen molar-refractivity contribution in [1.82, 2.24) is 5.32 Å². The van der Waals surface area contributed by atoms with Crippen LogP contribution in [0.15, 0.2) is 24.3 Å². The molecule has 310 valence electrons. The summed E-state index contributed by atoms with van der Waals surface area (Å²) < 4.78 is 6.01. The molecule has 0 spiro atoms. The van der Waals surface area contributed by atoms with Crippen molar-refractivity contribution < 1.29 is 24.2 Å². The Kier molecular flexibility index (Phi) is 40.9. The van der Waals surface area contributed by atoms with Crippen molar-refractivity contribution in [3.8, 4) is 0 Å². The number of unbranched alkanes of at least 4 members (excludes halogenated alkanes) is 27. The number of esters is 1. The highest BCUT2D eigenvalue weighted by Crippen LogP contribution is 2.18. The topological polar surface area (TPSA) is 92.7 Å². The Bertz CT molecular complexity index is 869. The van der Waals surface area contributed by atoms with Crippen LogP contribution in [0.3, 0.4) is 0 Å². The molecular formula is C47H87NO5. The van der Waals surface area contributed by atoms with E-state index in [-0.39, 0.29) is 24.5 Å². The number of hydrogen-bond acceptors (Lipinski definition) is 4. The number of carbonyl (C=O) groups excluding carboxylic acids is 2. The van der Waals surface area contributed by atoms with Gasteiger partial charge in [0.25, 0.3) is 0 Å². The summed E-state index contributed by atoms with van der Waals surface area (Å²) in [4.78, 5) is 35.0. The van der Waals surface area contributed by atoms with Crippen molar-refractivity contribution in [3.05, 3.63) is 24.3 Å². The molecule has 0 aliphatic carbocycles. The van der Waals surface area contributed by atoms with Gasteiger partial charge in [-0.1, -0.05) is 192 Å². The lowest BCUT2D eigenvalue weighted by atomic mass is 10.0. The van der Waals surface area contributed by atoms with Crippen LogP contribution in [-0.2, 0) is 19.1 Å². The number of carboxylic acids is 1. The molecule has 6 heteroatoms. The highest BCUT2D eigenvalue weighted by Gasteiger charge is 2.14. The molecule has 0 bridgehead atoms. The van der Waals surface area contributed by atoms with Crippen LogP contribution in [0.25, 0.3) is 0 Å². The number of nitrogens with one attached hydrogen (secondary N) is 1. The van der Waals surface area contributed by atoms with E-state index < -0.39 is 5.97 Å². The number of rotatable bonds is 42. The number of hydrogen-bond donors (Lipinski definition) is 2. The van der Waals surface area contributed by atoms with Gasteiger partial charge in [-0.3, -0.25) is 14.4 Å². The number of carboxylic acid groups (broad SMARTS) is 1. The summed E-state index contributed by atoms with van der Waals surface area (Å²) >= 11 is 0. The van der Waals surface area contributed by atoms with Gasteiger partial charge in [0.2, 0.25) is 5.91 Å². The Balaban J connectivity index is 4.06. The highest BCUT2D eigenvalue weighted by molar-refractivity contribution is 5.80. The minimum atomic E-state index is -1.02. The van der Waals surface area contributed by atoms with Crippen LogP contribution in [0, 0.1) is 0 Å². The summed E-state index contributed by atoms with van der Waals surface area (Å²) in [6.45, 7) is 4.21. The van der Waals surface area contributed by atoms with E-state index in [9.17, 15) is 14.4 Å². The van der Waals surface area contributed by atoms with Crippen molar-refractivity contribution >= 4 is 17.8 Å². The average molecular weight is 746 g/mol. The Morgan fingerprint density at radius 3 is 1.38 bits per heavy atom. The van der Waals surface area contributed by atoms with Crippen molar-refractivity contribution in [1.29, 1.82) is 0 Å². The number of aliphatic carboxylic acids is 1. The van der Waals surface area contributed by atoms with Gasteiger partial charge in [0.1, 0.15) is 12.6 Å². The first-order valence-corrected chi connectivity index (χ1v) is 23.0. The van der Waals surface area contributed by atoms with Crippen LogP contribution in [-0.4, -0.2) is 35.6 Å². The number of ether oxygens (including phenoxy) is 1. The van der Waals surface area contributed by atoms with E-state index in [1.807, 2.05) is 0 Å². The lowest BCUT2D eigenvalue weighted by molar-refractivity contribution is -0.150. The molecule has 0 aromatic rings. The third-order valence-electron chi connectivity index (χ3n) is 10.4. The Labute approximate surface area is 328 Å². The van der Waals surface area contributed by atoms with Gasteiger partial charge >= 0.3 is 11.9 Å². The van der Waals surface area contributed by atoms with Gasteiger partial charge in [-0.05, 0) is 64.2 Å². The first-order chi connectivity index (χ1) is 26.0. The third kappa shape index (κ3) is 42.5. The standard InChI is InChI=1S/C47H87NO5/c1-3-5-7-9-11-13-15-16-17-18-19-20-21-22-23-25-27-29-34-38-42-47(52)53-44(39-35-31-28-26-24-14-12-10-8-6-4-2)40-36-32-30-33-37-41-45(49)48-43-46(50)51/h12,14,26,28,44H,3-11,13,15-25,27,29-43H2,1-2H3,(H,48,49)(H,50,51)/b14-12-,28-26-. The molecule has 0 heterocycles. The van der Waals surface area contributed by atoms with Gasteiger partial charge in [0.05, 0.1) is 0 Å². The molecule has 0 aromatic carbocycles. The maximum absolute atomic E-state index is 12.8. The lowest BCUT2D eigenvalue weighted by Crippen LogP contribution is -2.28. The minimum Gasteiger partial charge on any atom is -0.480 e. The second-order valence-electron chi connectivity index (χ2n) is 15.7. The molecule has 0 radical (unpaired) electrons. The molecule has 1 amide bonds. The molecule has 0 aliphatic rings. The highest BCUT2D eigenvalue weighted by atomic mass is 16.5. The summed E-state index contributed by atoms with van der Waals surface area (Å²) in [5.74, 6) is -1.25. The van der Waals surface area contributed by atoms with Crippen LogP contribution >= 0.6 is 0 Å². The Hall–Kier alpha value is -2.11. The van der Waals surface area contributed by atoms with Crippen molar-refractivity contribution in [2.75, 3.05) is 6.54 Å². The fraction of sp³-hybridized carbons (Fsp3) is 0.851. The molecule has 0 saturated heterocycles. The predicted molar refractivity (Wildman–Crippen MR) is 226 cm³/mol. The van der Waals surface area contributed by atoms with Crippen LogP contribution in [0.2, 0.25) is 0 Å². The van der Waals surface area contributed by atoms with Gasteiger partial charge in [0.15, 0.2) is 0 Å². The van der Waals surface area contributed by atoms with Crippen LogP contribution in [0.5, 0.6) is 0 Å². The number of carbonyl (C=O) groups is 3. The number of amides is 1. The van der Waals surface area contributed by atoms with Gasteiger partial charge in [-0.25, -0.2) is 0 Å². The van der Waals surface area contributed by atoms with Gasteiger partial charge < -0.3 is 15.2 Å². The molecule has 53 heavy (non-hydrogen) atoms. The van der Waals surface area contributed by atoms with Crippen LogP contribution in [0.1, 0.15) is 245 Å². The largest absolute Gasteiger partial charge is 0.480 e. The summed E-state index contributed by atoms with van der Waals surface area (Å²) in [7, 11) is 0. The first kappa shape index (κ1) is 50.9. The number of allylic oxidation sites excluding steroid dienone is 4. The first-order valence-electron chi connectivity index (χ1n) is 23.0. The summed E-state index contributed by atoms with van der Waals surface area (Å²) in [5.41, 5.74) is 0. The molecular weight excluding hydrogens is 659 g/mol. The maximum atomic E-state index is 12.8. The molecule has 2 N–H and O–H groups in total. The molecule has 0 fully saturated rings. The SMILES string of the molecule is CCCCC/C=C\C/C=C\CCCC(CCCCCCCC(=O)NCC(=O)O)OC(=O)CCCCCCCCCCCCCCCCCCCCCC. The zero-order chi connectivity index (χ0) is 38.7. The normalized spacial score (nSPS) is 12.2. The summed E-state index contributed by atoms with van der Waals surface area (Å²) in [6.07, 6.45) is 51.7. The summed E-state index contributed by atoms with van der Waals surface area (Å²) in [5, 5.41) is 11.1. The van der Waals surface area contributed by atoms with Crippen molar-refractivity contribution in [3.63, 3.8) is 0 Å². The predicted octanol–water partition coefficient (Wildman–Crippen LogP) is 14.3. The Morgan fingerprint density at radius 2 is 0.887 bits per heavy atom.